The Labute approximate surface area is 737 Å². The van der Waals surface area contributed by atoms with Gasteiger partial charge in [-0.2, -0.15) is 0 Å². The number of benzene rings is 3. The fourth-order valence-corrected chi connectivity index (χ4v) is 13.7. The summed E-state index contributed by atoms with van der Waals surface area (Å²) in [6, 6.07) is -7.74. The maximum atomic E-state index is 15.0. The Morgan fingerprint density at radius 3 is 1.75 bits per heavy atom. The van der Waals surface area contributed by atoms with Gasteiger partial charge in [0.2, 0.25) is 88.6 Å². The summed E-state index contributed by atoms with van der Waals surface area (Å²) in [5.41, 5.74) is 19.7. The number of unbranched alkanes of at least 4 members (excludes halogenated alkanes) is 6. The SMILES string of the molecule is CCCCCCCCCC(=O)N[C@@H](Cc1c[nH]c2ccccc12)C(=O)N[C@@H](CC(N)=O)C(=O)N[C@@H](CCO)C(=O)N[C@@H]1C(=O)NCC(=O)N[C@@H](CCCNC(=O)C(N)Cc2c[nH]c3ccc(F)cc23)C(=O)N[C@@H](CC(=O)O)C(=O)N[C@H](C)C(=O)N[C@@H](CC(=O)O)C(=O)NCC(=O)N[C@H](CO)C(=O)N[C@@H]([C@H](C)CC(=O)O)C(=O)N[C@@H](CC(=O)c2ccccc2N)C(=O)O[C@@H]1C. The number of nitrogens with two attached hydrogens (primary N) is 3. The number of aromatic nitrogens is 2. The molecule has 0 radical (unpaired) electrons. The predicted molar refractivity (Wildman–Crippen MR) is 454 cm³/mol. The number of ether oxygens (including phenoxy) is 1. The lowest BCUT2D eigenvalue weighted by molar-refractivity contribution is -0.156. The zero-order chi connectivity index (χ0) is 95.3. The topological polar surface area (TPSA) is 730 Å². The maximum Gasteiger partial charge on any atom is 0.329 e. The average molecular weight is 1810 g/mol. The molecule has 1 aliphatic heterocycles. The number of primary amides is 1. The Bertz CT molecular complexity index is 4890. The first kappa shape index (κ1) is 104. The number of H-pyrrole nitrogens is 2. The van der Waals surface area contributed by atoms with Crippen molar-refractivity contribution in [2.75, 3.05) is 38.6 Å². The standard InChI is InChI=1S/C83H112FN19O26/c1-5-6-7-8-9-10-11-22-64(108)95-56(30-45-37-89-52-20-15-13-17-47(45)52)78(123)99-57(33-63(87)107)79(124)97-55(25-27-104)76(121)103-71-43(4)129-83(128)60(32-62(106)48-18-12-14-19-50(48)85)101-82(127)70(41(2)28-67(111)112)102-80(125)61(40-105)96-66(110)38-91-74(119)58(34-68(113)114)98-72(117)42(3)93-77(122)59(35-69(115)116)100-75(120)54(94-65(109)39-92-81(71)126)21-16-26-88-73(118)51(86)29-44-36-90-53-24-23-46(84)31-49(44)53/h12-15,17-20,23-24,31,36-37,41-43,51,54-61,70-71,89-90,104-105H,5-11,16,21-22,25-30,32-35,38-40,85-86H2,1-4H3,(H2,87,107)(H,88,118)(H,91,119)(H,92,126)(H,93,122)(H,94,109)(H,95,108)(H,96,110)(H,97,124)(H,98,117)(H,99,123)(H,100,120)(H,101,127)(H,102,125)(H,103,121)(H,111,112)(H,113,114)(H,115,116)/t41-,42-,43-,51?,54+,55+,56+,57+,58+,59+,60+,61-,70+,71+/m1/s1. The molecule has 2 aromatic heterocycles. The molecule has 1 unspecified atom stereocenters. The quantitative estimate of drug-likeness (QED) is 0.00765. The number of carboxylic acid groups (broad SMARTS) is 3. The molecule has 0 saturated carbocycles. The number of carbonyl (C=O) groups is 20. The summed E-state index contributed by atoms with van der Waals surface area (Å²) in [5.74, 6) is -29.1. The van der Waals surface area contributed by atoms with Gasteiger partial charge in [-0.15, -0.1) is 0 Å². The number of para-hydroxylation sites is 2. The van der Waals surface area contributed by atoms with Crippen molar-refractivity contribution in [1.29, 1.82) is 0 Å². The van der Waals surface area contributed by atoms with E-state index in [4.69, 9.17) is 21.9 Å². The molecule has 0 bridgehead atoms. The third-order valence-corrected chi connectivity index (χ3v) is 20.7. The molecular weight excluding hydrogens is 1700 g/mol. The Morgan fingerprint density at radius 2 is 1.12 bits per heavy atom. The highest BCUT2D eigenvalue weighted by Crippen LogP contribution is 2.24. The number of esters is 1. The van der Waals surface area contributed by atoms with Gasteiger partial charge in [0.05, 0.1) is 51.4 Å². The highest BCUT2D eigenvalue weighted by atomic mass is 19.1. The van der Waals surface area contributed by atoms with E-state index in [1.807, 2.05) is 16.0 Å². The normalized spacial score (nSPS) is 20.4. The Kier molecular flexibility index (Phi) is 41.4. The van der Waals surface area contributed by atoms with Crippen LogP contribution in [0.3, 0.4) is 0 Å². The molecule has 1 saturated heterocycles. The van der Waals surface area contributed by atoms with Crippen molar-refractivity contribution < 1.29 is 131 Å². The number of rotatable bonds is 39. The number of halogens is 1. The summed E-state index contributed by atoms with van der Waals surface area (Å²) in [6.07, 6.45) is -0.628. The minimum absolute atomic E-state index is 0.00567. The smallest absolute Gasteiger partial charge is 0.329 e. The number of aliphatic carboxylic acids is 3. The Balaban J connectivity index is 1.42. The summed E-state index contributed by atoms with van der Waals surface area (Å²) >= 11 is 0. The van der Waals surface area contributed by atoms with Crippen molar-refractivity contribution in [1.82, 2.24) is 84.4 Å². The lowest BCUT2D eigenvalue weighted by Gasteiger charge is -2.30. The number of aromatic amines is 2. The number of Topliss-reactive ketones (excluding diaryl/α,β-unsaturated/α-hetero) is 1. The number of aliphatic hydroxyl groups is 2. The molecule has 129 heavy (non-hydrogen) atoms. The van der Waals surface area contributed by atoms with Crippen molar-refractivity contribution in [2.45, 2.75) is 222 Å². The number of hydrogen-bond donors (Lipinski definition) is 24. The van der Waals surface area contributed by atoms with E-state index < -0.39 is 280 Å². The molecule has 1 fully saturated rings. The lowest BCUT2D eigenvalue weighted by Crippen LogP contribution is -2.61. The van der Waals surface area contributed by atoms with Crippen LogP contribution in [0.2, 0.25) is 0 Å². The number of nitrogen functional groups attached to an aromatic ring is 1. The number of hydrogen-bond acceptors (Lipinski definition) is 25. The van der Waals surface area contributed by atoms with Crippen molar-refractivity contribution in [3.63, 3.8) is 0 Å². The first-order valence-corrected chi connectivity index (χ1v) is 41.6. The van der Waals surface area contributed by atoms with Crippen LogP contribution in [0.1, 0.15) is 152 Å². The summed E-state index contributed by atoms with van der Waals surface area (Å²) in [7, 11) is 0. The van der Waals surface area contributed by atoms with Gasteiger partial charge >= 0.3 is 23.9 Å². The van der Waals surface area contributed by atoms with E-state index in [0.717, 1.165) is 52.9 Å². The van der Waals surface area contributed by atoms with Gasteiger partial charge in [0, 0.05) is 77.9 Å². The molecular formula is C83H112FN19O26. The van der Waals surface area contributed by atoms with E-state index in [2.05, 4.69) is 75.4 Å². The van der Waals surface area contributed by atoms with Crippen LogP contribution in [0, 0.1) is 11.7 Å². The maximum absolute atomic E-state index is 15.0. The van der Waals surface area contributed by atoms with Gasteiger partial charge in [0.15, 0.2) is 5.78 Å². The Hall–Kier alpha value is -14.0. The van der Waals surface area contributed by atoms with E-state index in [0.29, 0.717) is 45.8 Å². The average Bonchev–Trinajstić information content (AvgIpc) is 1.53. The number of carboxylic acids is 3. The summed E-state index contributed by atoms with van der Waals surface area (Å²) in [5, 5.41) is 83.0. The summed E-state index contributed by atoms with van der Waals surface area (Å²) in [4.78, 5) is 284. The Morgan fingerprint density at radius 1 is 0.550 bits per heavy atom. The highest BCUT2D eigenvalue weighted by Gasteiger charge is 2.41. The van der Waals surface area contributed by atoms with Crippen molar-refractivity contribution in [3.8, 4) is 0 Å². The molecule has 46 heteroatoms. The number of amides is 15. The third kappa shape index (κ3) is 33.7. The number of nitrogens with one attached hydrogen (secondary N) is 16. The first-order chi connectivity index (χ1) is 61.2. The van der Waals surface area contributed by atoms with Crippen LogP contribution in [0.5, 0.6) is 0 Å². The van der Waals surface area contributed by atoms with E-state index >= 15 is 9.59 Å². The molecule has 14 atom stereocenters. The molecule has 5 aromatic rings. The number of aliphatic hydroxyl groups excluding tert-OH is 2. The van der Waals surface area contributed by atoms with E-state index in [9.17, 15) is 116 Å². The molecule has 0 spiro atoms. The van der Waals surface area contributed by atoms with E-state index in [-0.39, 0.29) is 43.5 Å². The zero-order valence-electron chi connectivity index (χ0n) is 71.3. The summed E-state index contributed by atoms with van der Waals surface area (Å²) < 4.78 is 20.1. The van der Waals surface area contributed by atoms with Crippen LogP contribution in [-0.4, -0.2) is 265 Å². The van der Waals surface area contributed by atoms with Crippen LogP contribution >= 0.6 is 0 Å². The minimum atomic E-state index is -2.40. The number of anilines is 1. The molecule has 702 valence electrons. The fourth-order valence-electron chi connectivity index (χ4n) is 13.7. The summed E-state index contributed by atoms with van der Waals surface area (Å²) in [6.45, 7) is -0.0740. The van der Waals surface area contributed by atoms with E-state index in [1.54, 1.807) is 30.5 Å². The number of cyclic esters (lactones) is 1. The van der Waals surface area contributed by atoms with Crippen LogP contribution in [-0.2, 0) is 109 Å². The largest absolute Gasteiger partial charge is 0.481 e. The number of ketones is 1. The third-order valence-electron chi connectivity index (χ3n) is 20.7. The predicted octanol–water partition coefficient (Wildman–Crippen LogP) is -4.37. The molecule has 27 N–H and O–H groups in total. The van der Waals surface area contributed by atoms with Gasteiger partial charge in [-0.1, -0.05) is 82.7 Å². The molecule has 3 heterocycles. The number of fused-ring (bicyclic) bond motifs is 2. The van der Waals surface area contributed by atoms with Crippen LogP contribution in [0.25, 0.3) is 21.8 Å². The second-order valence-electron chi connectivity index (χ2n) is 31.0. The molecule has 15 amide bonds. The molecule has 1 aliphatic rings. The molecule has 45 nitrogen and oxygen atoms in total. The fraction of sp³-hybridized carbons (Fsp3) is 0.494. The van der Waals surface area contributed by atoms with Gasteiger partial charge < -0.3 is 132 Å². The van der Waals surface area contributed by atoms with Crippen LogP contribution in [0.4, 0.5) is 10.1 Å². The van der Waals surface area contributed by atoms with Crippen molar-refractivity contribution in [2.24, 2.45) is 17.4 Å². The lowest BCUT2D eigenvalue weighted by atomic mass is 9.96. The first-order valence-electron chi connectivity index (χ1n) is 41.6. The highest BCUT2D eigenvalue weighted by molar-refractivity contribution is 6.05. The van der Waals surface area contributed by atoms with Gasteiger partial charge in [0.1, 0.15) is 78.4 Å². The number of carbonyl (C=O) groups excluding carboxylic acids is 17. The van der Waals surface area contributed by atoms with Gasteiger partial charge in [-0.25, -0.2) is 9.18 Å². The second kappa shape index (κ2) is 51.5. The van der Waals surface area contributed by atoms with Crippen LogP contribution in [0.15, 0.2) is 79.1 Å². The molecule has 6 rings (SSSR count). The monoisotopic (exact) mass is 1810 g/mol. The molecule has 0 aliphatic carbocycles. The zero-order valence-corrected chi connectivity index (χ0v) is 71.3. The second-order valence-corrected chi connectivity index (χ2v) is 31.0. The van der Waals surface area contributed by atoms with Crippen molar-refractivity contribution in [3.05, 3.63) is 102 Å². The van der Waals surface area contributed by atoms with Crippen molar-refractivity contribution >= 4 is 146 Å². The minimum Gasteiger partial charge on any atom is -0.481 e. The van der Waals surface area contributed by atoms with Gasteiger partial charge in [-0.3, -0.25) is 91.1 Å². The van der Waals surface area contributed by atoms with E-state index in [1.165, 1.54) is 48.7 Å². The van der Waals surface area contributed by atoms with Crippen LogP contribution < -0.4 is 91.6 Å². The van der Waals surface area contributed by atoms with Gasteiger partial charge in [0.25, 0.3) is 0 Å². The van der Waals surface area contributed by atoms with Gasteiger partial charge in [-0.05, 0) is 99.4 Å². The molecule has 3 aromatic carbocycles.